The highest BCUT2D eigenvalue weighted by Gasteiger charge is 2.17. The summed E-state index contributed by atoms with van der Waals surface area (Å²) in [5, 5.41) is 11.9. The first-order chi connectivity index (χ1) is 16.5. The van der Waals surface area contributed by atoms with E-state index < -0.39 is 15.9 Å². The van der Waals surface area contributed by atoms with E-state index in [-0.39, 0.29) is 16.5 Å². The fraction of sp³-hybridized carbons (Fsp3) is 0.227. The van der Waals surface area contributed by atoms with Gasteiger partial charge < -0.3 is 5.32 Å². The first-order valence-electron chi connectivity index (χ1n) is 10.5. The molecule has 0 radical (unpaired) electrons. The number of aryl methyl sites for hydroxylation is 3. The van der Waals surface area contributed by atoms with Crippen LogP contribution in [0.25, 0.3) is 0 Å². The minimum Gasteiger partial charge on any atom is -0.321 e. The van der Waals surface area contributed by atoms with E-state index in [4.69, 9.17) is 11.6 Å². The summed E-state index contributed by atoms with van der Waals surface area (Å²) in [7, 11) is -3.90. The van der Waals surface area contributed by atoms with Gasteiger partial charge >= 0.3 is 0 Å². The van der Waals surface area contributed by atoms with Crippen LogP contribution >= 0.6 is 11.6 Å². The van der Waals surface area contributed by atoms with Crippen LogP contribution in [0, 0.1) is 27.7 Å². The molecule has 3 aromatic heterocycles. The smallest absolute Gasteiger partial charge is 0.276 e. The highest BCUT2D eigenvalue weighted by atomic mass is 35.5. The number of carbonyl (C=O) groups excluding carboxylic acids is 1. The topological polar surface area (TPSA) is 137 Å². The molecular formula is C22H23ClN8O3S. The van der Waals surface area contributed by atoms with Crippen molar-refractivity contribution in [3.8, 4) is 0 Å². The molecular weight excluding hydrogens is 492 g/mol. The van der Waals surface area contributed by atoms with Crippen molar-refractivity contribution in [2.45, 2.75) is 39.3 Å². The Morgan fingerprint density at radius 2 is 1.66 bits per heavy atom. The predicted octanol–water partition coefficient (Wildman–Crippen LogP) is 3.32. The van der Waals surface area contributed by atoms with Crippen LogP contribution in [0.4, 0.5) is 11.6 Å². The lowest BCUT2D eigenvalue weighted by Gasteiger charge is -2.09. The molecule has 0 bridgehead atoms. The number of anilines is 2. The summed E-state index contributed by atoms with van der Waals surface area (Å²) in [5.41, 5.74) is 3.43. The normalized spacial score (nSPS) is 11.5. The maximum Gasteiger partial charge on any atom is 0.276 e. The van der Waals surface area contributed by atoms with E-state index in [0.29, 0.717) is 28.8 Å². The molecule has 0 fully saturated rings. The van der Waals surface area contributed by atoms with Crippen molar-refractivity contribution in [2.24, 2.45) is 0 Å². The Hall–Kier alpha value is -3.77. The fourth-order valence-corrected chi connectivity index (χ4v) is 4.45. The Morgan fingerprint density at radius 3 is 2.26 bits per heavy atom. The lowest BCUT2D eigenvalue weighted by Crippen LogP contribution is -2.17. The van der Waals surface area contributed by atoms with Gasteiger partial charge in [0, 0.05) is 23.3 Å². The van der Waals surface area contributed by atoms with Gasteiger partial charge in [0.05, 0.1) is 21.3 Å². The maximum absolute atomic E-state index is 12.7. The van der Waals surface area contributed by atoms with Crippen LogP contribution < -0.4 is 10.0 Å². The third-order valence-corrected chi connectivity index (χ3v) is 6.97. The van der Waals surface area contributed by atoms with Gasteiger partial charge in [0.25, 0.3) is 15.9 Å². The van der Waals surface area contributed by atoms with E-state index in [1.54, 1.807) is 41.5 Å². The molecule has 4 aromatic rings. The summed E-state index contributed by atoms with van der Waals surface area (Å²) in [4.78, 5) is 20.8. The number of aromatic nitrogens is 6. The van der Waals surface area contributed by atoms with Crippen molar-refractivity contribution < 1.29 is 13.2 Å². The second kappa shape index (κ2) is 9.47. The average molecular weight is 515 g/mol. The number of nitrogens with one attached hydrogen (secondary N) is 2. The second-order valence-corrected chi connectivity index (χ2v) is 9.98. The largest absolute Gasteiger partial charge is 0.321 e. The van der Waals surface area contributed by atoms with E-state index in [2.05, 4.69) is 30.2 Å². The van der Waals surface area contributed by atoms with Crippen molar-refractivity contribution >= 4 is 39.2 Å². The summed E-state index contributed by atoms with van der Waals surface area (Å²) in [5.74, 6) is -0.439. The molecule has 182 valence electrons. The minimum atomic E-state index is -3.90. The molecule has 1 amide bonds. The Morgan fingerprint density at radius 1 is 1.00 bits per heavy atom. The standard InChI is InChI=1S/C22H23ClN8O3S/c1-13-11-14(2)25-22(24-13)29-35(33,34)18-7-5-17(6-8-18)26-21(32)19-9-10-30(28-19)12-31-16(4)20(23)15(3)27-31/h5-11H,12H2,1-4H3,(H,26,32)(H,24,25,29). The van der Waals surface area contributed by atoms with Crippen molar-refractivity contribution in [3.05, 3.63) is 76.1 Å². The van der Waals surface area contributed by atoms with E-state index >= 15 is 0 Å². The van der Waals surface area contributed by atoms with Crippen LogP contribution in [0.5, 0.6) is 0 Å². The van der Waals surface area contributed by atoms with E-state index in [1.807, 2.05) is 13.8 Å². The monoisotopic (exact) mass is 514 g/mol. The van der Waals surface area contributed by atoms with Crippen LogP contribution in [0.2, 0.25) is 5.02 Å². The lowest BCUT2D eigenvalue weighted by atomic mass is 10.3. The lowest BCUT2D eigenvalue weighted by molar-refractivity contribution is 0.102. The zero-order valence-electron chi connectivity index (χ0n) is 19.4. The molecule has 11 nitrogen and oxygen atoms in total. The fourth-order valence-electron chi connectivity index (χ4n) is 3.37. The Labute approximate surface area is 207 Å². The number of rotatable bonds is 7. The van der Waals surface area contributed by atoms with Gasteiger partial charge in [-0.25, -0.2) is 27.8 Å². The van der Waals surface area contributed by atoms with Gasteiger partial charge in [0.2, 0.25) is 5.95 Å². The number of halogens is 1. The number of sulfonamides is 1. The molecule has 1 aromatic carbocycles. The zero-order valence-corrected chi connectivity index (χ0v) is 21.0. The first kappa shape index (κ1) is 24.4. The molecule has 2 N–H and O–H groups in total. The number of hydrogen-bond donors (Lipinski definition) is 2. The molecule has 0 aliphatic heterocycles. The van der Waals surface area contributed by atoms with E-state index in [1.165, 1.54) is 24.3 Å². The molecule has 3 heterocycles. The van der Waals surface area contributed by atoms with Crippen LogP contribution in [0.1, 0.15) is 33.3 Å². The van der Waals surface area contributed by atoms with Gasteiger partial charge in [-0.05, 0) is 64.1 Å². The van der Waals surface area contributed by atoms with Crippen molar-refractivity contribution in [3.63, 3.8) is 0 Å². The quantitative estimate of drug-likeness (QED) is 0.386. The highest BCUT2D eigenvalue weighted by Crippen LogP contribution is 2.19. The van der Waals surface area contributed by atoms with Crippen LogP contribution in [-0.2, 0) is 16.7 Å². The van der Waals surface area contributed by atoms with Gasteiger partial charge in [0.15, 0.2) is 5.69 Å². The Kier molecular flexibility index (Phi) is 6.59. The molecule has 0 aliphatic rings. The maximum atomic E-state index is 12.7. The van der Waals surface area contributed by atoms with Gasteiger partial charge in [0.1, 0.15) is 6.67 Å². The van der Waals surface area contributed by atoms with Crippen molar-refractivity contribution in [2.75, 3.05) is 10.0 Å². The molecule has 0 unspecified atom stereocenters. The van der Waals surface area contributed by atoms with Gasteiger partial charge in [-0.3, -0.25) is 9.48 Å². The summed E-state index contributed by atoms with van der Waals surface area (Å²) in [6.45, 7) is 7.48. The number of nitrogens with zero attached hydrogens (tertiary/aromatic N) is 6. The summed E-state index contributed by atoms with van der Waals surface area (Å²) < 4.78 is 31.0. The van der Waals surface area contributed by atoms with Crippen LogP contribution in [0.3, 0.4) is 0 Å². The number of amides is 1. The van der Waals surface area contributed by atoms with Crippen LogP contribution in [0.15, 0.2) is 47.5 Å². The molecule has 0 atom stereocenters. The Balaban J connectivity index is 1.42. The third-order valence-electron chi connectivity index (χ3n) is 5.08. The Bertz CT molecular complexity index is 1490. The molecule has 0 saturated carbocycles. The average Bonchev–Trinajstić information content (AvgIpc) is 3.34. The SMILES string of the molecule is Cc1cc(C)nc(NS(=O)(=O)c2ccc(NC(=O)c3ccn(Cn4nc(C)c(Cl)c4C)n3)cc2)n1. The molecule has 35 heavy (non-hydrogen) atoms. The molecule has 13 heteroatoms. The summed E-state index contributed by atoms with van der Waals surface area (Å²) in [6, 6.07) is 9.06. The molecule has 0 aliphatic carbocycles. The first-order valence-corrected chi connectivity index (χ1v) is 12.4. The van der Waals surface area contributed by atoms with Gasteiger partial charge in [-0.15, -0.1) is 0 Å². The molecule has 0 spiro atoms. The zero-order chi connectivity index (χ0) is 25.3. The molecule has 0 saturated heterocycles. The van der Waals surface area contributed by atoms with Crippen LogP contribution in [-0.4, -0.2) is 43.9 Å². The summed E-state index contributed by atoms with van der Waals surface area (Å²) in [6.07, 6.45) is 1.66. The summed E-state index contributed by atoms with van der Waals surface area (Å²) >= 11 is 6.18. The third kappa shape index (κ3) is 5.49. The van der Waals surface area contributed by atoms with Gasteiger partial charge in [-0.2, -0.15) is 10.2 Å². The van der Waals surface area contributed by atoms with E-state index in [0.717, 1.165) is 11.4 Å². The minimum absolute atomic E-state index is 0.00166. The number of benzene rings is 1. The highest BCUT2D eigenvalue weighted by molar-refractivity contribution is 7.92. The van der Waals surface area contributed by atoms with Crippen molar-refractivity contribution in [1.82, 2.24) is 29.5 Å². The molecule has 4 rings (SSSR count). The number of hydrogen-bond acceptors (Lipinski definition) is 7. The van der Waals surface area contributed by atoms with Gasteiger partial charge in [-0.1, -0.05) is 11.6 Å². The second-order valence-electron chi connectivity index (χ2n) is 7.92. The van der Waals surface area contributed by atoms with E-state index in [9.17, 15) is 13.2 Å². The predicted molar refractivity (Wildman–Crippen MR) is 131 cm³/mol. The van der Waals surface area contributed by atoms with Crippen molar-refractivity contribution in [1.29, 1.82) is 0 Å². The number of carbonyl (C=O) groups is 1.